The number of rotatable bonds is 9. The molecule has 0 aliphatic heterocycles. The number of aromatic nitrogens is 2. The van der Waals surface area contributed by atoms with E-state index in [0.717, 1.165) is 50.8 Å². The van der Waals surface area contributed by atoms with E-state index in [-0.39, 0.29) is 24.0 Å². The van der Waals surface area contributed by atoms with Crippen LogP contribution >= 0.6 is 35.3 Å². The highest BCUT2D eigenvalue weighted by Crippen LogP contribution is 2.18. The predicted octanol–water partition coefficient (Wildman–Crippen LogP) is 4.01. The zero-order chi connectivity index (χ0) is 17.2. The Labute approximate surface area is 172 Å². The molecule has 0 aliphatic carbocycles. The SMILES string of the molecule is CCNC(=NCC(C)c1ccsc1)NCCCCn1ccnc1C.I. The lowest BCUT2D eigenvalue weighted by Gasteiger charge is -2.13. The van der Waals surface area contributed by atoms with Gasteiger partial charge in [0, 0.05) is 44.5 Å². The molecule has 7 heteroatoms. The molecule has 1 atom stereocenters. The maximum atomic E-state index is 4.71. The molecule has 0 saturated heterocycles. The molecule has 0 radical (unpaired) electrons. The molecule has 1 unspecified atom stereocenters. The Hall–Kier alpha value is -1.09. The number of halogens is 1. The van der Waals surface area contributed by atoms with E-state index in [9.17, 15) is 0 Å². The van der Waals surface area contributed by atoms with E-state index in [2.05, 4.69) is 50.9 Å². The fourth-order valence-electron chi connectivity index (χ4n) is 2.48. The van der Waals surface area contributed by atoms with Crippen molar-refractivity contribution in [2.45, 2.75) is 46.1 Å². The van der Waals surface area contributed by atoms with Crippen molar-refractivity contribution in [3.8, 4) is 0 Å². The summed E-state index contributed by atoms with van der Waals surface area (Å²) in [6.45, 7) is 10.0. The zero-order valence-electron chi connectivity index (χ0n) is 15.4. The van der Waals surface area contributed by atoms with Crippen molar-refractivity contribution in [3.05, 3.63) is 40.6 Å². The average molecular weight is 475 g/mol. The molecule has 0 spiro atoms. The topological polar surface area (TPSA) is 54.2 Å². The maximum absolute atomic E-state index is 4.71. The van der Waals surface area contributed by atoms with E-state index >= 15 is 0 Å². The van der Waals surface area contributed by atoms with Crippen molar-refractivity contribution in [1.82, 2.24) is 20.2 Å². The molecule has 2 aromatic rings. The first-order valence-corrected chi connectivity index (χ1v) is 9.67. The summed E-state index contributed by atoms with van der Waals surface area (Å²) < 4.78 is 2.20. The molecule has 25 heavy (non-hydrogen) atoms. The second-order valence-electron chi connectivity index (χ2n) is 5.98. The van der Waals surface area contributed by atoms with E-state index in [1.54, 1.807) is 11.3 Å². The van der Waals surface area contributed by atoms with Crippen LogP contribution < -0.4 is 10.6 Å². The molecular weight excluding hydrogens is 445 g/mol. The van der Waals surface area contributed by atoms with Gasteiger partial charge < -0.3 is 15.2 Å². The third-order valence-electron chi connectivity index (χ3n) is 4.02. The van der Waals surface area contributed by atoms with Crippen LogP contribution in [0.4, 0.5) is 0 Å². The first kappa shape index (κ1) is 22.0. The van der Waals surface area contributed by atoms with Crippen LogP contribution in [0.15, 0.2) is 34.2 Å². The summed E-state index contributed by atoms with van der Waals surface area (Å²) in [5.41, 5.74) is 1.37. The second-order valence-corrected chi connectivity index (χ2v) is 6.76. The predicted molar refractivity (Wildman–Crippen MR) is 118 cm³/mol. The first-order chi connectivity index (χ1) is 11.7. The highest BCUT2D eigenvalue weighted by molar-refractivity contribution is 14.0. The zero-order valence-corrected chi connectivity index (χ0v) is 18.5. The minimum absolute atomic E-state index is 0. The van der Waals surface area contributed by atoms with Gasteiger partial charge in [0.2, 0.25) is 0 Å². The second kappa shape index (κ2) is 12.3. The van der Waals surface area contributed by atoms with Crippen molar-refractivity contribution < 1.29 is 0 Å². The number of hydrogen-bond donors (Lipinski definition) is 2. The van der Waals surface area contributed by atoms with E-state index in [0.29, 0.717) is 5.92 Å². The average Bonchev–Trinajstić information content (AvgIpc) is 3.24. The Balaban J connectivity index is 0.00000312. The summed E-state index contributed by atoms with van der Waals surface area (Å²) >= 11 is 1.75. The summed E-state index contributed by atoms with van der Waals surface area (Å²) in [6, 6.07) is 2.18. The number of thiophene rings is 1. The highest BCUT2D eigenvalue weighted by Gasteiger charge is 2.06. The molecule has 2 heterocycles. The van der Waals surface area contributed by atoms with Gasteiger partial charge in [-0.1, -0.05) is 6.92 Å². The molecule has 0 fully saturated rings. The first-order valence-electron chi connectivity index (χ1n) is 8.72. The summed E-state index contributed by atoms with van der Waals surface area (Å²) in [5, 5.41) is 11.1. The maximum Gasteiger partial charge on any atom is 0.191 e. The van der Waals surface area contributed by atoms with Crippen molar-refractivity contribution in [2.75, 3.05) is 19.6 Å². The third-order valence-corrected chi connectivity index (χ3v) is 4.72. The monoisotopic (exact) mass is 475 g/mol. The number of guanidine groups is 1. The van der Waals surface area contributed by atoms with Gasteiger partial charge in [-0.3, -0.25) is 4.99 Å². The standard InChI is InChI=1S/C18H29N5S.HI/c1-4-19-18(22-13-15(2)17-7-12-24-14-17)21-8-5-6-10-23-11-9-20-16(23)3;/h7,9,11-12,14-15H,4-6,8,10,13H2,1-3H3,(H2,19,21,22);1H. The number of imidazole rings is 1. The fraction of sp³-hybridized carbons (Fsp3) is 0.556. The van der Waals surface area contributed by atoms with E-state index in [1.807, 2.05) is 19.3 Å². The Morgan fingerprint density at radius 3 is 2.84 bits per heavy atom. The Morgan fingerprint density at radius 2 is 2.20 bits per heavy atom. The number of aliphatic imine (C=N–C) groups is 1. The van der Waals surface area contributed by atoms with Crippen LogP contribution in [0.3, 0.4) is 0 Å². The van der Waals surface area contributed by atoms with Gasteiger partial charge in [0.05, 0.1) is 0 Å². The minimum atomic E-state index is 0. The lowest BCUT2D eigenvalue weighted by atomic mass is 10.1. The number of nitrogens with zero attached hydrogens (tertiary/aromatic N) is 3. The van der Waals surface area contributed by atoms with Gasteiger partial charge in [-0.15, -0.1) is 24.0 Å². The van der Waals surface area contributed by atoms with Crippen LogP contribution in [-0.4, -0.2) is 35.1 Å². The molecule has 2 aromatic heterocycles. The van der Waals surface area contributed by atoms with Crippen molar-refractivity contribution in [3.63, 3.8) is 0 Å². The largest absolute Gasteiger partial charge is 0.357 e. The lowest BCUT2D eigenvalue weighted by molar-refractivity contribution is 0.588. The smallest absolute Gasteiger partial charge is 0.191 e. The summed E-state index contributed by atoms with van der Waals surface area (Å²) in [4.78, 5) is 8.96. The number of aryl methyl sites for hydroxylation is 2. The highest BCUT2D eigenvalue weighted by atomic mass is 127. The molecule has 2 rings (SSSR count). The van der Waals surface area contributed by atoms with Crippen LogP contribution in [0.5, 0.6) is 0 Å². The van der Waals surface area contributed by atoms with Crippen molar-refractivity contribution in [2.24, 2.45) is 4.99 Å². The fourth-order valence-corrected chi connectivity index (χ4v) is 3.27. The number of nitrogens with one attached hydrogen (secondary N) is 2. The van der Waals surface area contributed by atoms with Crippen molar-refractivity contribution in [1.29, 1.82) is 0 Å². The number of hydrogen-bond acceptors (Lipinski definition) is 3. The molecule has 0 saturated carbocycles. The summed E-state index contributed by atoms with van der Waals surface area (Å²) in [6.07, 6.45) is 6.15. The summed E-state index contributed by atoms with van der Waals surface area (Å²) in [5.74, 6) is 2.45. The van der Waals surface area contributed by atoms with Crippen LogP contribution in [0.1, 0.15) is 44.0 Å². The van der Waals surface area contributed by atoms with E-state index in [1.165, 1.54) is 5.56 Å². The molecule has 0 aliphatic rings. The normalized spacial score (nSPS) is 12.5. The third kappa shape index (κ3) is 7.77. The van der Waals surface area contributed by atoms with Crippen LogP contribution in [0.2, 0.25) is 0 Å². The molecule has 0 aromatic carbocycles. The number of unbranched alkanes of at least 4 members (excludes halogenated alkanes) is 1. The Morgan fingerprint density at radius 1 is 1.36 bits per heavy atom. The van der Waals surface area contributed by atoms with E-state index in [4.69, 9.17) is 4.99 Å². The van der Waals surface area contributed by atoms with Crippen molar-refractivity contribution >= 4 is 41.3 Å². The summed E-state index contributed by atoms with van der Waals surface area (Å²) in [7, 11) is 0. The molecule has 0 amide bonds. The van der Waals surface area contributed by atoms with Gasteiger partial charge in [0.15, 0.2) is 5.96 Å². The van der Waals surface area contributed by atoms with Gasteiger partial charge in [0.1, 0.15) is 5.82 Å². The Kier molecular flexibility index (Phi) is 10.8. The van der Waals surface area contributed by atoms with Crippen LogP contribution in [0, 0.1) is 6.92 Å². The van der Waals surface area contributed by atoms with Crippen LogP contribution in [0.25, 0.3) is 0 Å². The quantitative estimate of drug-likeness (QED) is 0.250. The lowest BCUT2D eigenvalue weighted by Crippen LogP contribution is -2.38. The van der Waals surface area contributed by atoms with Gasteiger partial charge in [-0.25, -0.2) is 4.98 Å². The molecule has 5 nitrogen and oxygen atoms in total. The van der Waals surface area contributed by atoms with E-state index < -0.39 is 0 Å². The minimum Gasteiger partial charge on any atom is -0.357 e. The van der Waals surface area contributed by atoms with Gasteiger partial charge >= 0.3 is 0 Å². The van der Waals surface area contributed by atoms with Crippen LogP contribution in [-0.2, 0) is 6.54 Å². The molecular formula is C18H30IN5S. The molecule has 0 bridgehead atoms. The Bertz CT molecular complexity index is 609. The van der Waals surface area contributed by atoms with Gasteiger partial charge in [0.25, 0.3) is 0 Å². The molecule has 140 valence electrons. The van der Waals surface area contributed by atoms with Gasteiger partial charge in [-0.2, -0.15) is 11.3 Å². The van der Waals surface area contributed by atoms with Gasteiger partial charge in [-0.05, 0) is 49.1 Å². The molecule has 2 N–H and O–H groups in total.